The van der Waals surface area contributed by atoms with E-state index in [1.807, 2.05) is 0 Å². The van der Waals surface area contributed by atoms with Crippen molar-refractivity contribution in [2.45, 2.75) is 57.6 Å². The number of nitrogens with one attached hydrogen (secondary N) is 1. The number of ether oxygens (including phenoxy) is 2. The van der Waals surface area contributed by atoms with Crippen LogP contribution in [0.25, 0.3) is 0 Å². The molecule has 0 spiro atoms. The largest absolute Gasteiger partial charge is 0.464 e. The number of hydrogen-bond acceptors (Lipinski definition) is 6. The van der Waals surface area contributed by atoms with E-state index in [9.17, 15) is 18.4 Å². The number of halogens is 2. The zero-order chi connectivity index (χ0) is 18.1. The first-order chi connectivity index (χ1) is 11.0. The number of rotatable bonds is 4. The van der Waals surface area contributed by atoms with Crippen molar-refractivity contribution in [3.05, 3.63) is 15.6 Å². The number of esters is 1. The van der Waals surface area contributed by atoms with E-state index in [-0.39, 0.29) is 25.1 Å². The maximum absolute atomic E-state index is 13.1. The summed E-state index contributed by atoms with van der Waals surface area (Å²) in [7, 11) is 1.21. The van der Waals surface area contributed by atoms with Gasteiger partial charge in [-0.05, 0) is 20.8 Å². The standard InChI is InChI=1S/C15H20F2N2O4S/c1-14(2,3)23-13(21)18-7-9-19-10(12(20)22-4)11(24-9)8-5-15(16,17)6-8/h8H,5-7H2,1-4H3,(H,18,21). The Hall–Kier alpha value is -1.77. The van der Waals surface area contributed by atoms with Gasteiger partial charge < -0.3 is 14.8 Å². The van der Waals surface area contributed by atoms with Crippen molar-refractivity contribution in [3.63, 3.8) is 0 Å². The second-order valence-corrected chi connectivity index (χ2v) is 7.74. The number of carbonyl (C=O) groups excluding carboxylic acids is 2. The quantitative estimate of drug-likeness (QED) is 0.830. The third-order valence-corrected chi connectivity index (χ3v) is 4.54. The minimum atomic E-state index is -2.70. The highest BCUT2D eigenvalue weighted by Gasteiger charge is 2.48. The molecule has 0 aliphatic heterocycles. The molecule has 1 aromatic heterocycles. The van der Waals surface area contributed by atoms with E-state index >= 15 is 0 Å². The molecule has 0 bridgehead atoms. The normalized spacial score (nSPS) is 17.1. The van der Waals surface area contributed by atoms with Gasteiger partial charge in [-0.25, -0.2) is 23.4 Å². The average Bonchev–Trinajstić information content (AvgIpc) is 2.83. The number of amides is 1. The van der Waals surface area contributed by atoms with Crippen LogP contribution in [0.1, 0.15) is 59.9 Å². The third kappa shape index (κ3) is 4.62. The Morgan fingerprint density at radius 2 is 2.00 bits per heavy atom. The van der Waals surface area contributed by atoms with Crippen LogP contribution in [0.15, 0.2) is 0 Å². The molecular weight excluding hydrogens is 342 g/mol. The first-order valence-electron chi connectivity index (χ1n) is 7.43. The monoisotopic (exact) mass is 362 g/mol. The fourth-order valence-electron chi connectivity index (χ4n) is 2.28. The summed E-state index contributed by atoms with van der Waals surface area (Å²) >= 11 is 1.13. The molecule has 0 unspecified atom stereocenters. The summed E-state index contributed by atoms with van der Waals surface area (Å²) in [5.74, 6) is -3.78. The molecule has 1 saturated carbocycles. The van der Waals surface area contributed by atoms with Crippen LogP contribution >= 0.6 is 11.3 Å². The highest BCUT2D eigenvalue weighted by atomic mass is 32.1. The molecule has 1 amide bonds. The Morgan fingerprint density at radius 3 is 2.50 bits per heavy atom. The zero-order valence-electron chi connectivity index (χ0n) is 13.9. The lowest BCUT2D eigenvalue weighted by atomic mass is 9.80. The number of nitrogens with zero attached hydrogens (tertiary/aromatic N) is 1. The minimum Gasteiger partial charge on any atom is -0.464 e. The molecule has 134 valence electrons. The van der Waals surface area contributed by atoms with Crippen LogP contribution in [0.5, 0.6) is 0 Å². The molecule has 6 nitrogen and oxygen atoms in total. The van der Waals surface area contributed by atoms with Crippen LogP contribution < -0.4 is 5.32 Å². The first kappa shape index (κ1) is 18.6. The van der Waals surface area contributed by atoms with E-state index in [1.54, 1.807) is 20.8 Å². The van der Waals surface area contributed by atoms with E-state index < -0.39 is 29.5 Å². The molecule has 1 aliphatic rings. The number of alkyl carbamates (subject to hydrolysis) is 1. The maximum Gasteiger partial charge on any atom is 0.408 e. The minimum absolute atomic E-state index is 0.0454. The molecule has 2 rings (SSSR count). The zero-order valence-corrected chi connectivity index (χ0v) is 14.8. The Morgan fingerprint density at radius 1 is 1.38 bits per heavy atom. The van der Waals surface area contributed by atoms with Gasteiger partial charge in [0.1, 0.15) is 10.6 Å². The van der Waals surface area contributed by atoms with Gasteiger partial charge in [0.15, 0.2) is 5.69 Å². The molecule has 1 N–H and O–H groups in total. The predicted molar refractivity (Wildman–Crippen MR) is 83.4 cm³/mol. The van der Waals surface area contributed by atoms with Gasteiger partial charge in [0.05, 0.1) is 13.7 Å². The lowest BCUT2D eigenvalue weighted by molar-refractivity contribution is -0.0862. The molecule has 1 heterocycles. The van der Waals surface area contributed by atoms with Crippen LogP contribution in [0.2, 0.25) is 0 Å². The van der Waals surface area contributed by atoms with Gasteiger partial charge >= 0.3 is 12.1 Å². The average molecular weight is 362 g/mol. The van der Waals surface area contributed by atoms with Crippen LogP contribution in [0, 0.1) is 0 Å². The van der Waals surface area contributed by atoms with Crippen LogP contribution in [0.3, 0.4) is 0 Å². The number of alkyl halides is 2. The summed E-state index contributed by atoms with van der Waals surface area (Å²) < 4.78 is 36.0. The molecule has 24 heavy (non-hydrogen) atoms. The van der Waals surface area contributed by atoms with Crippen molar-refractivity contribution in [1.82, 2.24) is 10.3 Å². The molecule has 1 aliphatic carbocycles. The lowest BCUT2D eigenvalue weighted by Crippen LogP contribution is -2.34. The number of methoxy groups -OCH3 is 1. The Labute approximate surface area is 142 Å². The number of aromatic nitrogens is 1. The van der Waals surface area contributed by atoms with E-state index in [0.29, 0.717) is 9.88 Å². The number of hydrogen-bond donors (Lipinski definition) is 1. The van der Waals surface area contributed by atoms with Gasteiger partial charge in [-0.3, -0.25) is 0 Å². The Kier molecular flexibility index (Phi) is 5.12. The van der Waals surface area contributed by atoms with Gasteiger partial charge in [0, 0.05) is 23.6 Å². The summed E-state index contributed by atoms with van der Waals surface area (Å²) in [6.45, 7) is 5.26. The highest BCUT2D eigenvalue weighted by molar-refractivity contribution is 7.12. The van der Waals surface area contributed by atoms with Crippen LogP contribution in [-0.4, -0.2) is 35.7 Å². The van der Waals surface area contributed by atoms with Crippen LogP contribution in [-0.2, 0) is 16.0 Å². The molecule has 0 saturated heterocycles. The van der Waals surface area contributed by atoms with Crippen molar-refractivity contribution in [3.8, 4) is 0 Å². The van der Waals surface area contributed by atoms with Gasteiger partial charge in [-0.2, -0.15) is 0 Å². The predicted octanol–water partition coefficient (Wildman–Crippen LogP) is 3.47. The van der Waals surface area contributed by atoms with E-state index in [4.69, 9.17) is 4.74 Å². The summed E-state index contributed by atoms with van der Waals surface area (Å²) in [5, 5.41) is 2.97. The molecule has 9 heteroatoms. The van der Waals surface area contributed by atoms with Crippen molar-refractivity contribution in [1.29, 1.82) is 0 Å². The van der Waals surface area contributed by atoms with Gasteiger partial charge in [0.25, 0.3) is 0 Å². The fourth-order valence-corrected chi connectivity index (χ4v) is 3.38. The molecule has 1 fully saturated rings. The highest BCUT2D eigenvalue weighted by Crippen LogP contribution is 2.50. The summed E-state index contributed by atoms with van der Waals surface area (Å²) in [4.78, 5) is 28.1. The Bertz CT molecular complexity index is 632. The van der Waals surface area contributed by atoms with Crippen molar-refractivity contribution in [2.24, 2.45) is 0 Å². The molecular formula is C15H20F2N2O4S. The van der Waals surface area contributed by atoms with Crippen molar-refractivity contribution in [2.75, 3.05) is 7.11 Å². The van der Waals surface area contributed by atoms with Gasteiger partial charge in [-0.1, -0.05) is 0 Å². The smallest absolute Gasteiger partial charge is 0.408 e. The fraction of sp³-hybridized carbons (Fsp3) is 0.667. The molecule has 0 aromatic carbocycles. The second-order valence-electron chi connectivity index (χ2n) is 6.63. The number of carbonyl (C=O) groups is 2. The maximum atomic E-state index is 13.1. The molecule has 1 aromatic rings. The van der Waals surface area contributed by atoms with Crippen LogP contribution in [0.4, 0.5) is 13.6 Å². The van der Waals surface area contributed by atoms with E-state index in [0.717, 1.165) is 11.3 Å². The molecule has 0 radical (unpaired) electrons. The molecule has 0 atom stereocenters. The van der Waals surface area contributed by atoms with Crippen molar-refractivity contribution < 1.29 is 27.8 Å². The SMILES string of the molecule is COC(=O)c1nc(CNC(=O)OC(C)(C)C)sc1C1CC(F)(F)C1. The van der Waals surface area contributed by atoms with Gasteiger partial charge in [-0.15, -0.1) is 11.3 Å². The third-order valence-electron chi connectivity index (χ3n) is 3.32. The van der Waals surface area contributed by atoms with E-state index in [1.165, 1.54) is 7.11 Å². The second kappa shape index (κ2) is 6.62. The van der Waals surface area contributed by atoms with Gasteiger partial charge in [0.2, 0.25) is 5.92 Å². The van der Waals surface area contributed by atoms with Crippen molar-refractivity contribution >= 4 is 23.4 Å². The van der Waals surface area contributed by atoms with E-state index in [2.05, 4.69) is 15.0 Å². The Balaban J connectivity index is 2.07. The topological polar surface area (TPSA) is 77.5 Å². The lowest BCUT2D eigenvalue weighted by Gasteiger charge is -2.34. The summed E-state index contributed by atoms with van der Waals surface area (Å²) in [6.07, 6.45) is -1.23. The number of thiazole rings is 1. The summed E-state index contributed by atoms with van der Waals surface area (Å²) in [5.41, 5.74) is -0.587. The first-order valence-corrected chi connectivity index (χ1v) is 8.25. The summed E-state index contributed by atoms with van der Waals surface area (Å²) in [6, 6.07) is 0.